The summed E-state index contributed by atoms with van der Waals surface area (Å²) in [7, 11) is 0. The second kappa shape index (κ2) is 7.19. The monoisotopic (exact) mass is 359 g/mol. The predicted octanol–water partition coefficient (Wildman–Crippen LogP) is 4.27. The van der Waals surface area contributed by atoms with Crippen molar-refractivity contribution in [3.05, 3.63) is 23.5 Å². The topological polar surface area (TPSA) is 68.5 Å². The van der Waals surface area contributed by atoms with Crippen molar-refractivity contribution in [2.45, 2.75) is 64.9 Å². The van der Waals surface area contributed by atoms with E-state index in [4.69, 9.17) is 10.5 Å². The molecule has 1 aliphatic heterocycles. The van der Waals surface area contributed by atoms with Crippen LogP contribution in [0, 0.1) is 5.92 Å². The lowest BCUT2D eigenvalue weighted by atomic mass is 9.86. The van der Waals surface area contributed by atoms with E-state index in [2.05, 4.69) is 4.98 Å². The Morgan fingerprint density at radius 2 is 2.04 bits per heavy atom. The second-order valence-corrected chi connectivity index (χ2v) is 6.70. The molecule has 1 aliphatic rings. The number of aromatic nitrogens is 1. The van der Waals surface area contributed by atoms with E-state index < -0.39 is 24.0 Å². The molecule has 140 valence electrons. The van der Waals surface area contributed by atoms with Gasteiger partial charge in [0.15, 0.2) is 0 Å². The van der Waals surface area contributed by atoms with Crippen LogP contribution in [0.3, 0.4) is 0 Å². The molecule has 2 heterocycles. The minimum atomic E-state index is -4.56. The summed E-state index contributed by atoms with van der Waals surface area (Å²) >= 11 is 0. The largest absolute Gasteiger partial charge is 0.446 e. The van der Waals surface area contributed by atoms with Crippen molar-refractivity contribution >= 4 is 11.8 Å². The van der Waals surface area contributed by atoms with Gasteiger partial charge in [-0.25, -0.2) is 9.78 Å². The summed E-state index contributed by atoms with van der Waals surface area (Å²) in [5.74, 6) is 0.112. The van der Waals surface area contributed by atoms with Crippen LogP contribution in [-0.4, -0.2) is 23.2 Å². The van der Waals surface area contributed by atoms with Gasteiger partial charge in [-0.3, -0.25) is 4.90 Å². The van der Waals surface area contributed by atoms with Crippen LogP contribution in [-0.2, 0) is 10.9 Å². The molecule has 0 saturated heterocycles. The number of nitrogens with zero attached hydrogens (tertiary/aromatic N) is 2. The number of nitrogens with two attached hydrogens (primary N) is 1. The number of rotatable bonds is 3. The van der Waals surface area contributed by atoms with Gasteiger partial charge in [-0.05, 0) is 38.3 Å². The minimum Gasteiger partial charge on any atom is -0.446 e. The highest BCUT2D eigenvalue weighted by Crippen LogP contribution is 2.40. The van der Waals surface area contributed by atoms with E-state index in [0.717, 1.165) is 12.5 Å². The molecule has 25 heavy (non-hydrogen) atoms. The number of carbonyl (C=O) groups is 1. The van der Waals surface area contributed by atoms with E-state index >= 15 is 0 Å². The fourth-order valence-electron chi connectivity index (χ4n) is 3.01. The summed E-state index contributed by atoms with van der Waals surface area (Å²) in [6.07, 6.45) is -4.36. The van der Waals surface area contributed by atoms with Gasteiger partial charge in [0.25, 0.3) is 0 Å². The van der Waals surface area contributed by atoms with Crippen molar-refractivity contribution in [2.75, 3.05) is 4.90 Å². The molecule has 0 bridgehead atoms. The molecule has 1 aromatic rings. The maximum Gasteiger partial charge on any atom is 0.433 e. The summed E-state index contributed by atoms with van der Waals surface area (Å²) in [6, 6.07) is 1.22. The van der Waals surface area contributed by atoms with Crippen LogP contribution < -0.4 is 10.6 Å². The lowest BCUT2D eigenvalue weighted by molar-refractivity contribution is -0.141. The molecule has 1 amide bonds. The summed E-state index contributed by atoms with van der Waals surface area (Å²) in [5.41, 5.74) is 5.46. The molecule has 2 rings (SSSR count). The SMILES string of the molecule is CCC(C)C1CC(N)c2nc(C(F)(F)F)ccc2N1C(=O)OC(C)C. The molecule has 5 nitrogen and oxygen atoms in total. The van der Waals surface area contributed by atoms with Gasteiger partial charge >= 0.3 is 12.3 Å². The predicted molar refractivity (Wildman–Crippen MR) is 88.1 cm³/mol. The molecule has 3 atom stereocenters. The van der Waals surface area contributed by atoms with Crippen molar-refractivity contribution in [1.29, 1.82) is 0 Å². The number of alkyl halides is 3. The van der Waals surface area contributed by atoms with Crippen LogP contribution in [0.4, 0.5) is 23.7 Å². The van der Waals surface area contributed by atoms with Gasteiger partial charge < -0.3 is 10.5 Å². The number of hydrogen-bond acceptors (Lipinski definition) is 4. The molecule has 0 fully saturated rings. The summed E-state index contributed by atoms with van der Waals surface area (Å²) in [4.78, 5) is 17.7. The van der Waals surface area contributed by atoms with Crippen molar-refractivity contribution in [3.63, 3.8) is 0 Å². The molecule has 0 aromatic carbocycles. The number of ether oxygens (including phenoxy) is 1. The smallest absolute Gasteiger partial charge is 0.433 e. The van der Waals surface area contributed by atoms with Crippen LogP contribution in [0.15, 0.2) is 12.1 Å². The average Bonchev–Trinajstić information content (AvgIpc) is 2.51. The molecule has 0 aliphatic carbocycles. The molecular weight excluding hydrogens is 335 g/mol. The van der Waals surface area contributed by atoms with E-state index in [1.54, 1.807) is 13.8 Å². The Labute approximate surface area is 145 Å². The first-order chi connectivity index (χ1) is 11.6. The fourth-order valence-corrected chi connectivity index (χ4v) is 3.01. The zero-order valence-electron chi connectivity index (χ0n) is 14.8. The van der Waals surface area contributed by atoms with Crippen molar-refractivity contribution < 1.29 is 22.7 Å². The van der Waals surface area contributed by atoms with E-state index in [1.807, 2.05) is 13.8 Å². The Morgan fingerprint density at radius 1 is 1.40 bits per heavy atom. The first kappa shape index (κ1) is 19.5. The van der Waals surface area contributed by atoms with Crippen molar-refractivity contribution in [2.24, 2.45) is 11.7 Å². The average molecular weight is 359 g/mol. The highest BCUT2D eigenvalue weighted by Gasteiger charge is 2.41. The van der Waals surface area contributed by atoms with Crippen molar-refractivity contribution in [3.8, 4) is 0 Å². The second-order valence-electron chi connectivity index (χ2n) is 6.70. The number of amides is 1. The zero-order valence-corrected chi connectivity index (χ0v) is 14.8. The summed E-state index contributed by atoms with van der Waals surface area (Å²) in [5, 5.41) is 0. The van der Waals surface area contributed by atoms with Gasteiger partial charge in [0.05, 0.1) is 23.5 Å². The molecule has 0 spiro atoms. The Morgan fingerprint density at radius 3 is 2.56 bits per heavy atom. The molecular formula is C17H24F3N3O2. The number of carbonyl (C=O) groups excluding carboxylic acids is 1. The van der Waals surface area contributed by atoms with Gasteiger partial charge in [0, 0.05) is 6.04 Å². The first-order valence-electron chi connectivity index (χ1n) is 8.39. The normalized spacial score (nSPS) is 21.9. The summed E-state index contributed by atoms with van der Waals surface area (Å²) in [6.45, 7) is 7.41. The van der Waals surface area contributed by atoms with E-state index in [1.165, 1.54) is 11.0 Å². The van der Waals surface area contributed by atoms with Crippen LogP contribution >= 0.6 is 0 Å². The lowest BCUT2D eigenvalue weighted by Gasteiger charge is -2.41. The first-order valence-corrected chi connectivity index (χ1v) is 8.39. The van der Waals surface area contributed by atoms with Crippen LogP contribution in [0.1, 0.15) is 58.0 Å². The maximum atomic E-state index is 13.0. The Balaban J connectivity index is 2.52. The molecule has 2 N–H and O–H groups in total. The standard InChI is InChI=1S/C17H24F3N3O2/c1-5-10(4)13-8-11(21)15-12(23(13)16(24)25-9(2)3)6-7-14(22-15)17(18,19)20/h6-7,9-11,13H,5,8,21H2,1-4H3. The van der Waals surface area contributed by atoms with Gasteiger partial charge in [0.1, 0.15) is 5.69 Å². The summed E-state index contributed by atoms with van der Waals surface area (Å²) < 4.78 is 44.2. The molecule has 8 heteroatoms. The number of fused-ring (bicyclic) bond motifs is 1. The number of halogens is 3. The molecule has 3 unspecified atom stereocenters. The van der Waals surface area contributed by atoms with E-state index in [0.29, 0.717) is 12.1 Å². The molecule has 0 radical (unpaired) electrons. The van der Waals surface area contributed by atoms with E-state index in [9.17, 15) is 18.0 Å². The van der Waals surface area contributed by atoms with Gasteiger partial charge in [-0.1, -0.05) is 20.3 Å². The lowest BCUT2D eigenvalue weighted by Crippen LogP contribution is -2.50. The third-order valence-electron chi connectivity index (χ3n) is 4.46. The molecule has 1 aromatic heterocycles. The van der Waals surface area contributed by atoms with Gasteiger partial charge in [-0.2, -0.15) is 13.2 Å². The Bertz CT molecular complexity index is 634. The van der Waals surface area contributed by atoms with Gasteiger partial charge in [-0.15, -0.1) is 0 Å². The van der Waals surface area contributed by atoms with E-state index in [-0.39, 0.29) is 23.8 Å². The van der Waals surface area contributed by atoms with Crippen LogP contribution in [0.25, 0.3) is 0 Å². The highest BCUT2D eigenvalue weighted by molar-refractivity contribution is 5.90. The maximum absolute atomic E-state index is 13.0. The fraction of sp³-hybridized carbons (Fsp3) is 0.647. The number of pyridine rings is 1. The number of anilines is 1. The quantitative estimate of drug-likeness (QED) is 0.875. The highest BCUT2D eigenvalue weighted by atomic mass is 19.4. The number of hydrogen-bond donors (Lipinski definition) is 1. The minimum absolute atomic E-state index is 0.0788. The van der Waals surface area contributed by atoms with Crippen LogP contribution in [0.2, 0.25) is 0 Å². The Hall–Kier alpha value is -1.83. The van der Waals surface area contributed by atoms with Crippen LogP contribution in [0.5, 0.6) is 0 Å². The van der Waals surface area contributed by atoms with Gasteiger partial charge in [0.2, 0.25) is 0 Å². The van der Waals surface area contributed by atoms with Crippen molar-refractivity contribution in [1.82, 2.24) is 4.98 Å². The third kappa shape index (κ3) is 4.05. The molecule has 0 saturated carbocycles. The third-order valence-corrected chi connectivity index (χ3v) is 4.46. The Kier molecular flexibility index (Phi) is 5.61. The zero-order chi connectivity index (χ0) is 18.9.